The van der Waals surface area contributed by atoms with Crippen LogP contribution in [0.4, 0.5) is 0 Å². The Kier molecular flexibility index (Phi) is 5.59. The molecule has 0 N–H and O–H groups in total. The van der Waals surface area contributed by atoms with Crippen LogP contribution in [0, 0.1) is 13.8 Å². The number of rotatable bonds is 8. The van der Waals surface area contributed by atoms with E-state index in [1.807, 2.05) is 25.1 Å². The molecule has 6 nitrogen and oxygen atoms in total. The van der Waals surface area contributed by atoms with Gasteiger partial charge >= 0.3 is 0 Å². The van der Waals surface area contributed by atoms with Crippen LogP contribution in [0.5, 0.6) is 0 Å². The second-order valence-corrected chi connectivity index (χ2v) is 10.3. The molecule has 0 bridgehead atoms. The van der Waals surface area contributed by atoms with E-state index < -0.39 is 0 Å². The van der Waals surface area contributed by atoms with Crippen molar-refractivity contribution in [2.45, 2.75) is 57.8 Å². The van der Waals surface area contributed by atoms with E-state index in [-0.39, 0.29) is 17.1 Å². The van der Waals surface area contributed by atoms with Crippen molar-refractivity contribution in [1.82, 2.24) is 14.1 Å². The summed E-state index contributed by atoms with van der Waals surface area (Å²) < 4.78 is 9.39. The normalized spacial score (nSPS) is 13.8. The first kappa shape index (κ1) is 21.3. The van der Waals surface area contributed by atoms with Crippen LogP contribution in [0.25, 0.3) is 10.2 Å². The third-order valence-electron chi connectivity index (χ3n) is 5.94. The van der Waals surface area contributed by atoms with Crippen molar-refractivity contribution < 1.29 is 9.21 Å². The standard InChI is InChI=1S/C24H25N3O3S2/c1-4-18-11-20-22(32-18)25-24(26(23(20)29)12-17-6-5-9-30-17)31-13-21(28)19-10-14(2)27(15(19)3)16-7-8-16/h5-6,9-11,16H,4,7-8,12-13H2,1-3H3. The number of carbonyl (C=O) groups excluding carboxylic acids is 1. The molecular weight excluding hydrogens is 442 g/mol. The molecule has 1 saturated carbocycles. The minimum Gasteiger partial charge on any atom is -0.467 e. The zero-order chi connectivity index (χ0) is 22.4. The summed E-state index contributed by atoms with van der Waals surface area (Å²) in [4.78, 5) is 33.0. The zero-order valence-corrected chi connectivity index (χ0v) is 20.0. The lowest BCUT2D eigenvalue weighted by Crippen LogP contribution is -2.23. The Hall–Kier alpha value is -2.58. The number of nitrogens with zero attached hydrogens (tertiary/aromatic N) is 3. The number of thioether (sulfide) groups is 1. The van der Waals surface area contributed by atoms with Gasteiger partial charge in [-0.3, -0.25) is 14.2 Å². The van der Waals surface area contributed by atoms with Gasteiger partial charge in [-0.25, -0.2) is 4.98 Å². The molecule has 0 aliphatic heterocycles. The van der Waals surface area contributed by atoms with Gasteiger partial charge in [-0.15, -0.1) is 11.3 Å². The van der Waals surface area contributed by atoms with Gasteiger partial charge < -0.3 is 8.98 Å². The minimum atomic E-state index is -0.0933. The summed E-state index contributed by atoms with van der Waals surface area (Å²) in [7, 11) is 0. The average molecular weight is 468 g/mol. The molecule has 0 saturated heterocycles. The van der Waals surface area contributed by atoms with Crippen LogP contribution >= 0.6 is 23.1 Å². The van der Waals surface area contributed by atoms with Crippen LogP contribution < -0.4 is 5.56 Å². The maximum absolute atomic E-state index is 13.3. The number of fused-ring (bicyclic) bond motifs is 1. The molecule has 4 heterocycles. The summed E-state index contributed by atoms with van der Waals surface area (Å²) in [6.45, 7) is 6.45. The number of Topliss-reactive ketones (excluding diaryl/α,β-unsaturated/α-hetero) is 1. The van der Waals surface area contributed by atoms with Crippen LogP contribution in [-0.4, -0.2) is 25.7 Å². The van der Waals surface area contributed by atoms with E-state index in [4.69, 9.17) is 9.40 Å². The van der Waals surface area contributed by atoms with Gasteiger partial charge in [0, 0.05) is 27.9 Å². The number of ketones is 1. The molecule has 0 amide bonds. The molecule has 5 rings (SSSR count). The van der Waals surface area contributed by atoms with Gasteiger partial charge in [0.1, 0.15) is 10.6 Å². The monoisotopic (exact) mass is 467 g/mol. The van der Waals surface area contributed by atoms with Crippen molar-refractivity contribution >= 4 is 39.1 Å². The Balaban J connectivity index is 1.47. The summed E-state index contributed by atoms with van der Waals surface area (Å²) in [5.74, 6) is 0.978. The van der Waals surface area contributed by atoms with E-state index in [1.54, 1.807) is 28.2 Å². The summed E-state index contributed by atoms with van der Waals surface area (Å²) in [5, 5.41) is 1.18. The smallest absolute Gasteiger partial charge is 0.263 e. The fourth-order valence-electron chi connectivity index (χ4n) is 4.19. The largest absolute Gasteiger partial charge is 0.467 e. The number of thiophene rings is 1. The highest BCUT2D eigenvalue weighted by Gasteiger charge is 2.28. The molecule has 1 fully saturated rings. The van der Waals surface area contributed by atoms with E-state index >= 15 is 0 Å². The molecule has 0 atom stereocenters. The zero-order valence-electron chi connectivity index (χ0n) is 18.4. The van der Waals surface area contributed by atoms with Crippen molar-refractivity contribution in [3.8, 4) is 0 Å². The maximum Gasteiger partial charge on any atom is 0.263 e. The van der Waals surface area contributed by atoms with Gasteiger partial charge in [-0.1, -0.05) is 18.7 Å². The topological polar surface area (TPSA) is 70.0 Å². The van der Waals surface area contributed by atoms with Gasteiger partial charge in [0.2, 0.25) is 0 Å². The van der Waals surface area contributed by atoms with Crippen LogP contribution in [-0.2, 0) is 13.0 Å². The summed E-state index contributed by atoms with van der Waals surface area (Å²) in [5.41, 5.74) is 2.85. The first-order valence-corrected chi connectivity index (χ1v) is 12.7. The van der Waals surface area contributed by atoms with Crippen molar-refractivity contribution in [2.24, 2.45) is 0 Å². The first-order valence-electron chi connectivity index (χ1n) is 10.9. The van der Waals surface area contributed by atoms with Crippen molar-refractivity contribution in [2.75, 3.05) is 5.75 Å². The average Bonchev–Trinajstić information content (AvgIpc) is 3.19. The Morgan fingerprint density at radius 1 is 1.31 bits per heavy atom. The lowest BCUT2D eigenvalue weighted by atomic mass is 10.2. The second-order valence-electron chi connectivity index (χ2n) is 8.25. The highest BCUT2D eigenvalue weighted by molar-refractivity contribution is 7.99. The Morgan fingerprint density at radius 2 is 2.12 bits per heavy atom. The maximum atomic E-state index is 13.3. The van der Waals surface area contributed by atoms with Gasteiger partial charge in [0.15, 0.2) is 10.9 Å². The number of aryl methyl sites for hydroxylation is 2. The van der Waals surface area contributed by atoms with Crippen molar-refractivity contribution in [3.63, 3.8) is 0 Å². The highest BCUT2D eigenvalue weighted by Crippen LogP contribution is 2.38. The molecule has 0 unspecified atom stereocenters. The number of hydrogen-bond donors (Lipinski definition) is 0. The highest BCUT2D eigenvalue weighted by atomic mass is 32.2. The molecule has 8 heteroatoms. The molecule has 1 aliphatic carbocycles. The molecule has 0 radical (unpaired) electrons. The fraction of sp³-hybridized carbons (Fsp3) is 0.375. The van der Waals surface area contributed by atoms with Crippen LogP contribution in [0.2, 0.25) is 0 Å². The van der Waals surface area contributed by atoms with E-state index in [1.165, 1.54) is 24.6 Å². The lowest BCUT2D eigenvalue weighted by Gasteiger charge is -2.11. The quantitative estimate of drug-likeness (QED) is 0.197. The van der Waals surface area contributed by atoms with Crippen LogP contribution in [0.1, 0.15) is 58.2 Å². The molecule has 1 aliphatic rings. The van der Waals surface area contributed by atoms with Crippen molar-refractivity contribution in [1.29, 1.82) is 0 Å². The fourth-order valence-corrected chi connectivity index (χ4v) is 6.08. The van der Waals surface area contributed by atoms with E-state index in [0.29, 0.717) is 28.9 Å². The predicted octanol–water partition coefficient (Wildman–Crippen LogP) is 5.39. The molecule has 166 valence electrons. The summed E-state index contributed by atoms with van der Waals surface area (Å²) in [6, 6.07) is 8.11. The molecule has 32 heavy (non-hydrogen) atoms. The lowest BCUT2D eigenvalue weighted by molar-refractivity contribution is 0.102. The summed E-state index contributed by atoms with van der Waals surface area (Å²) >= 11 is 2.86. The third-order valence-corrected chi connectivity index (χ3v) is 8.09. The molecule has 4 aromatic rings. The summed E-state index contributed by atoms with van der Waals surface area (Å²) in [6.07, 6.45) is 4.82. The Labute approximate surface area is 194 Å². The third kappa shape index (κ3) is 3.86. The van der Waals surface area contributed by atoms with Gasteiger partial charge in [0.25, 0.3) is 5.56 Å². The van der Waals surface area contributed by atoms with Crippen LogP contribution in [0.3, 0.4) is 0 Å². The second kappa shape index (κ2) is 8.41. The molecule has 0 spiro atoms. The first-order chi connectivity index (χ1) is 15.5. The van der Waals surface area contributed by atoms with Crippen molar-refractivity contribution in [3.05, 3.63) is 68.5 Å². The van der Waals surface area contributed by atoms with Gasteiger partial charge in [-0.2, -0.15) is 0 Å². The van der Waals surface area contributed by atoms with Crippen LogP contribution in [0.15, 0.2) is 44.9 Å². The van der Waals surface area contributed by atoms with Gasteiger partial charge in [-0.05, 0) is 57.4 Å². The predicted molar refractivity (Wildman–Crippen MR) is 128 cm³/mol. The molecule has 0 aromatic carbocycles. The Morgan fingerprint density at radius 3 is 2.81 bits per heavy atom. The number of furan rings is 1. The van der Waals surface area contributed by atoms with E-state index in [2.05, 4.69) is 18.4 Å². The van der Waals surface area contributed by atoms with Gasteiger partial charge in [0.05, 0.1) is 23.9 Å². The number of hydrogen-bond acceptors (Lipinski definition) is 6. The number of aromatic nitrogens is 3. The minimum absolute atomic E-state index is 0.0642. The number of carbonyl (C=O) groups is 1. The van der Waals surface area contributed by atoms with E-state index in [0.717, 1.165) is 33.1 Å². The Bertz CT molecular complexity index is 1360. The molecular formula is C24H25N3O3S2. The SMILES string of the molecule is CCc1cc2c(=O)n(Cc3ccco3)c(SCC(=O)c3cc(C)n(C4CC4)c3C)nc2s1. The van der Waals surface area contributed by atoms with E-state index in [9.17, 15) is 9.59 Å². The molecule has 4 aromatic heterocycles.